The second kappa shape index (κ2) is 3.53. The molecular formula is C10H4F3N3O2. The molecule has 1 aliphatic heterocycles. The van der Waals surface area contributed by atoms with Gasteiger partial charge in [-0.25, -0.2) is 14.8 Å². The molecule has 0 radical (unpaired) electrons. The number of aliphatic carboxylic acids is 1. The molecule has 18 heavy (non-hydrogen) atoms. The third-order valence-electron chi connectivity index (χ3n) is 2.36. The Hall–Kier alpha value is -2.43. The van der Waals surface area contributed by atoms with Crippen molar-refractivity contribution in [3.63, 3.8) is 0 Å². The fraction of sp³-hybridized carbons (Fsp3) is 0.200. The Morgan fingerprint density at radius 2 is 1.94 bits per heavy atom. The molecule has 8 heteroatoms. The maximum absolute atomic E-state index is 12.8. The van der Waals surface area contributed by atoms with Crippen molar-refractivity contribution < 1.29 is 23.1 Å². The van der Waals surface area contributed by atoms with Crippen molar-refractivity contribution in [1.82, 2.24) is 0 Å². The zero-order valence-corrected chi connectivity index (χ0v) is 8.56. The summed E-state index contributed by atoms with van der Waals surface area (Å²) in [6.45, 7) is 0. The van der Waals surface area contributed by atoms with E-state index >= 15 is 0 Å². The Labute approximate surface area is 97.5 Å². The van der Waals surface area contributed by atoms with E-state index in [-0.39, 0.29) is 16.3 Å². The number of hydrogen-bond donors (Lipinski definition) is 1. The highest BCUT2D eigenvalue weighted by Crippen LogP contribution is 2.35. The van der Waals surface area contributed by atoms with Gasteiger partial charge in [0, 0.05) is 0 Å². The molecule has 0 aromatic heterocycles. The molecule has 0 spiro atoms. The van der Waals surface area contributed by atoms with E-state index in [4.69, 9.17) is 10.4 Å². The minimum absolute atomic E-state index is 0.0797. The fourth-order valence-electron chi connectivity index (χ4n) is 1.49. The van der Waals surface area contributed by atoms with Crippen molar-refractivity contribution in [2.45, 2.75) is 11.8 Å². The van der Waals surface area contributed by atoms with Crippen LogP contribution >= 0.6 is 0 Å². The van der Waals surface area contributed by atoms with Gasteiger partial charge in [0.15, 0.2) is 0 Å². The highest BCUT2D eigenvalue weighted by Gasteiger charge is 2.63. The lowest BCUT2D eigenvalue weighted by molar-refractivity contribution is -0.199. The zero-order chi connectivity index (χ0) is 13.6. The van der Waals surface area contributed by atoms with Crippen LogP contribution in [-0.4, -0.2) is 22.9 Å². The molecule has 1 atom stereocenters. The van der Waals surface area contributed by atoms with Crippen LogP contribution in [0.2, 0.25) is 0 Å². The molecule has 1 aliphatic rings. The number of carboxylic acids is 1. The number of nitrogens with zero attached hydrogens (tertiary/aromatic N) is 3. The summed E-state index contributed by atoms with van der Waals surface area (Å²) in [5.74, 6) is -2.20. The first-order chi connectivity index (χ1) is 8.30. The summed E-state index contributed by atoms with van der Waals surface area (Å²) in [5.41, 5.74) is -3.43. The van der Waals surface area contributed by atoms with Gasteiger partial charge in [0.05, 0.1) is 22.3 Å². The van der Waals surface area contributed by atoms with Gasteiger partial charge in [0.2, 0.25) is 0 Å². The molecule has 2 rings (SSSR count). The maximum atomic E-state index is 12.8. The zero-order valence-electron chi connectivity index (χ0n) is 8.56. The summed E-state index contributed by atoms with van der Waals surface area (Å²) in [5, 5.41) is 16.9. The van der Waals surface area contributed by atoms with Gasteiger partial charge in [-0.05, 0) is 18.2 Å². The van der Waals surface area contributed by atoms with Crippen LogP contribution in [0.4, 0.5) is 13.2 Å². The minimum Gasteiger partial charge on any atom is -0.478 e. The number of fused-ring (bicyclic) bond motifs is 1. The van der Waals surface area contributed by atoms with Gasteiger partial charge in [-0.15, -0.1) is 0 Å². The van der Waals surface area contributed by atoms with E-state index in [0.29, 0.717) is 0 Å². The van der Waals surface area contributed by atoms with Crippen LogP contribution in [0.25, 0.3) is 0 Å². The molecular weight excluding hydrogens is 251 g/mol. The topological polar surface area (TPSA) is 85.8 Å². The van der Waals surface area contributed by atoms with E-state index in [0.717, 1.165) is 12.1 Å². The Bertz CT molecular complexity index is 690. The Morgan fingerprint density at radius 1 is 1.33 bits per heavy atom. The Balaban J connectivity index is 2.76. The van der Waals surface area contributed by atoms with E-state index in [2.05, 4.69) is 9.98 Å². The lowest BCUT2D eigenvalue weighted by Gasteiger charge is -2.20. The molecule has 0 fully saturated rings. The van der Waals surface area contributed by atoms with Gasteiger partial charge in [0.25, 0.3) is 0 Å². The quantitative estimate of drug-likeness (QED) is 0.775. The fourth-order valence-corrected chi connectivity index (χ4v) is 1.49. The lowest BCUT2D eigenvalue weighted by atomic mass is 10.2. The summed E-state index contributed by atoms with van der Waals surface area (Å²) in [6, 6.07) is 5.16. The van der Waals surface area contributed by atoms with Crippen LogP contribution in [0, 0.1) is 11.3 Å². The van der Waals surface area contributed by atoms with Crippen LogP contribution in [0.15, 0.2) is 28.2 Å². The molecule has 1 aromatic carbocycles. The molecule has 5 nitrogen and oxygen atoms in total. The summed E-state index contributed by atoms with van der Waals surface area (Å²) >= 11 is 0. The Morgan fingerprint density at radius 3 is 2.44 bits per heavy atom. The van der Waals surface area contributed by atoms with E-state index in [1.807, 2.05) is 0 Å². The number of halogens is 3. The normalized spacial score (nSPS) is 21.4. The number of nitriles is 1. The minimum atomic E-state index is -5.15. The van der Waals surface area contributed by atoms with E-state index in [9.17, 15) is 18.0 Å². The number of benzene rings is 1. The standard InChI is InChI=1S/C10H4F3N3O2/c11-10(12,13)9(8(17)18)15-6-2-1-5(4-14)3-7(6)16-9/h1-3H,(H,17,18). The molecule has 1 unspecified atom stereocenters. The smallest absolute Gasteiger partial charge is 0.445 e. The average Bonchev–Trinajstić information content (AvgIpc) is 2.67. The van der Waals surface area contributed by atoms with Gasteiger partial charge in [-0.1, -0.05) is 0 Å². The van der Waals surface area contributed by atoms with Crippen molar-refractivity contribution in [3.05, 3.63) is 34.5 Å². The largest absolute Gasteiger partial charge is 0.478 e. The monoisotopic (exact) mass is 255 g/mol. The van der Waals surface area contributed by atoms with Gasteiger partial charge < -0.3 is 5.11 Å². The first-order valence-corrected chi connectivity index (χ1v) is 4.60. The van der Waals surface area contributed by atoms with Gasteiger partial charge in [-0.2, -0.15) is 18.4 Å². The third-order valence-corrected chi connectivity index (χ3v) is 2.36. The maximum Gasteiger partial charge on any atom is 0.445 e. The van der Waals surface area contributed by atoms with Crippen molar-refractivity contribution in [2.24, 2.45) is 9.98 Å². The van der Waals surface area contributed by atoms with E-state index < -0.39 is 17.8 Å². The predicted octanol–water partition coefficient (Wildman–Crippen LogP) is 0.154. The summed E-state index contributed by atoms with van der Waals surface area (Å²) in [4.78, 5) is 17.1. The van der Waals surface area contributed by atoms with E-state index in [1.54, 1.807) is 6.07 Å². The number of alkyl halides is 3. The van der Waals surface area contributed by atoms with Gasteiger partial charge >= 0.3 is 17.8 Å². The highest BCUT2D eigenvalue weighted by atomic mass is 19.4. The van der Waals surface area contributed by atoms with Gasteiger partial charge in [-0.3, -0.25) is 0 Å². The van der Waals surface area contributed by atoms with E-state index in [1.165, 1.54) is 6.07 Å². The predicted molar refractivity (Wildman–Crippen MR) is 49.9 cm³/mol. The molecule has 1 aromatic rings. The first-order valence-electron chi connectivity index (χ1n) is 4.60. The number of carboxylic acid groups (broad SMARTS) is 1. The first kappa shape index (κ1) is 12.0. The summed E-state index contributed by atoms with van der Waals surface area (Å²) < 4.78 is 38.3. The molecule has 0 saturated carbocycles. The van der Waals surface area contributed by atoms with Gasteiger partial charge in [0.1, 0.15) is 0 Å². The molecule has 0 aliphatic carbocycles. The SMILES string of the molecule is N#Cc1ccc2c(c1)=NC(C(=O)O)(C(F)(F)F)N=2. The number of carbonyl (C=O) groups is 1. The highest BCUT2D eigenvalue weighted by molar-refractivity contribution is 5.80. The molecule has 0 bridgehead atoms. The second-order valence-corrected chi connectivity index (χ2v) is 3.51. The number of hydrogen-bond acceptors (Lipinski definition) is 4. The van der Waals surface area contributed by atoms with Crippen LogP contribution in [0.1, 0.15) is 5.56 Å². The van der Waals surface area contributed by atoms with Crippen LogP contribution in [-0.2, 0) is 4.79 Å². The molecule has 92 valence electrons. The third kappa shape index (κ3) is 1.52. The lowest BCUT2D eigenvalue weighted by Crippen LogP contribution is -2.48. The second-order valence-electron chi connectivity index (χ2n) is 3.51. The van der Waals surface area contributed by atoms with Crippen molar-refractivity contribution in [3.8, 4) is 6.07 Å². The summed E-state index contributed by atoms with van der Waals surface area (Å²) in [6.07, 6.45) is -5.15. The average molecular weight is 255 g/mol. The number of rotatable bonds is 1. The van der Waals surface area contributed by atoms with Crippen molar-refractivity contribution in [1.29, 1.82) is 5.26 Å². The van der Waals surface area contributed by atoms with Crippen molar-refractivity contribution in [2.75, 3.05) is 0 Å². The molecule has 1 heterocycles. The van der Waals surface area contributed by atoms with Crippen LogP contribution in [0.3, 0.4) is 0 Å². The summed E-state index contributed by atoms with van der Waals surface area (Å²) in [7, 11) is 0. The van der Waals surface area contributed by atoms with Crippen LogP contribution < -0.4 is 10.7 Å². The molecule has 0 saturated heterocycles. The van der Waals surface area contributed by atoms with Crippen LogP contribution in [0.5, 0.6) is 0 Å². The van der Waals surface area contributed by atoms with Crippen molar-refractivity contribution >= 4 is 5.97 Å². The Kier molecular flexibility index (Phi) is 2.36. The molecule has 0 amide bonds. The molecule has 1 N–H and O–H groups in total.